The Morgan fingerprint density at radius 1 is 1.07 bits per heavy atom. The highest BCUT2D eigenvalue weighted by Gasteiger charge is 2.31. The third-order valence-electron chi connectivity index (χ3n) is 5.92. The molecule has 8 heteroatoms. The van der Waals surface area contributed by atoms with E-state index < -0.39 is 0 Å². The van der Waals surface area contributed by atoms with Crippen LogP contribution in [0.5, 0.6) is 11.5 Å². The van der Waals surface area contributed by atoms with Crippen LogP contribution in [-0.4, -0.2) is 51.1 Å². The molecule has 3 aliphatic rings. The van der Waals surface area contributed by atoms with Gasteiger partial charge < -0.3 is 18.9 Å². The summed E-state index contributed by atoms with van der Waals surface area (Å²) in [4.78, 5) is 15.1. The Labute approximate surface area is 174 Å². The third kappa shape index (κ3) is 3.82. The van der Waals surface area contributed by atoms with Crippen LogP contribution in [0.3, 0.4) is 0 Å². The lowest BCUT2D eigenvalue weighted by Crippen LogP contribution is -2.32. The van der Waals surface area contributed by atoms with Crippen LogP contribution in [-0.2, 0) is 17.8 Å². The van der Waals surface area contributed by atoms with E-state index in [2.05, 4.69) is 20.8 Å². The van der Waals surface area contributed by atoms with E-state index in [0.29, 0.717) is 19.0 Å². The molecule has 4 heterocycles. The third-order valence-corrected chi connectivity index (χ3v) is 6.88. The van der Waals surface area contributed by atoms with E-state index in [-0.39, 0.29) is 11.9 Å². The summed E-state index contributed by atoms with van der Waals surface area (Å²) < 4.78 is 13.6. The maximum absolute atomic E-state index is 13.0. The monoisotopic (exact) mass is 414 g/mol. The molecular formula is C21H26N4O3S. The Hall–Kier alpha value is -2.22. The van der Waals surface area contributed by atoms with Gasteiger partial charge in [0.25, 0.3) is 0 Å². The minimum Gasteiger partial charge on any atom is -0.486 e. The van der Waals surface area contributed by atoms with E-state index >= 15 is 0 Å². The average molecular weight is 415 g/mol. The lowest BCUT2D eigenvalue weighted by Gasteiger charge is -2.26. The zero-order valence-corrected chi connectivity index (χ0v) is 17.3. The largest absolute Gasteiger partial charge is 0.486 e. The van der Waals surface area contributed by atoms with E-state index in [1.54, 1.807) is 0 Å². The van der Waals surface area contributed by atoms with Gasteiger partial charge in [-0.05, 0) is 43.4 Å². The van der Waals surface area contributed by atoms with Crippen LogP contribution in [0.4, 0.5) is 0 Å². The van der Waals surface area contributed by atoms with E-state index in [1.807, 2.05) is 17.0 Å². The number of rotatable bonds is 4. The number of benzene rings is 1. The summed E-state index contributed by atoms with van der Waals surface area (Å²) in [5.41, 5.74) is 1.13. The Bertz CT molecular complexity index is 900. The number of hydrogen-bond acceptors (Lipinski definition) is 6. The number of likely N-dealkylation sites (tertiary alicyclic amines) is 1. The van der Waals surface area contributed by atoms with E-state index in [0.717, 1.165) is 66.8 Å². The van der Waals surface area contributed by atoms with Crippen LogP contribution in [0.15, 0.2) is 23.4 Å². The maximum atomic E-state index is 13.0. The number of thioether (sulfide) groups is 1. The number of amides is 1. The average Bonchev–Trinajstić information content (AvgIpc) is 3.33. The first kappa shape index (κ1) is 18.8. The molecule has 5 rings (SSSR count). The summed E-state index contributed by atoms with van der Waals surface area (Å²) in [6.45, 7) is 2.92. The quantitative estimate of drug-likeness (QED) is 0.716. The van der Waals surface area contributed by atoms with Gasteiger partial charge in [-0.2, -0.15) is 0 Å². The summed E-state index contributed by atoms with van der Waals surface area (Å²) in [7, 11) is 0. The Balaban J connectivity index is 1.27. The van der Waals surface area contributed by atoms with Crippen molar-refractivity contribution in [3.05, 3.63) is 29.6 Å². The molecule has 1 aromatic heterocycles. The lowest BCUT2D eigenvalue weighted by atomic mass is 10.0. The van der Waals surface area contributed by atoms with Crippen molar-refractivity contribution in [3.8, 4) is 11.5 Å². The van der Waals surface area contributed by atoms with Gasteiger partial charge >= 0.3 is 0 Å². The molecule has 0 saturated carbocycles. The lowest BCUT2D eigenvalue weighted by molar-refractivity contribution is -0.129. The van der Waals surface area contributed by atoms with Gasteiger partial charge in [0.2, 0.25) is 5.91 Å². The first-order valence-corrected chi connectivity index (χ1v) is 11.5. The minimum atomic E-state index is 0.106. The second kappa shape index (κ2) is 8.26. The standard InChI is InChI=1S/C21H26N4O3S/c26-20(14-29-21-23-22-19-6-2-1-3-9-25(19)21)24-10-4-5-16(24)15-7-8-17-18(13-15)28-12-11-27-17/h7-8,13,16H,1-6,9-12,14H2/t16-/m1/s1. The molecule has 0 spiro atoms. The van der Waals surface area contributed by atoms with Gasteiger partial charge in [-0.3, -0.25) is 4.79 Å². The highest BCUT2D eigenvalue weighted by Crippen LogP contribution is 2.38. The molecule has 154 valence electrons. The molecule has 7 nitrogen and oxygen atoms in total. The molecular weight excluding hydrogens is 388 g/mol. The Morgan fingerprint density at radius 3 is 2.90 bits per heavy atom. The van der Waals surface area contributed by atoms with Gasteiger partial charge in [-0.1, -0.05) is 24.2 Å². The Morgan fingerprint density at radius 2 is 1.97 bits per heavy atom. The van der Waals surface area contributed by atoms with Crippen LogP contribution in [0.2, 0.25) is 0 Å². The SMILES string of the molecule is O=C(CSc1nnc2n1CCCCC2)N1CCC[C@@H]1c1ccc2c(c1)OCCO2. The number of carbonyl (C=O) groups excluding carboxylic acids is 1. The molecule has 1 fully saturated rings. The fraction of sp³-hybridized carbons (Fsp3) is 0.571. The predicted octanol–water partition coefficient (Wildman–Crippen LogP) is 3.23. The molecule has 1 aromatic carbocycles. The maximum Gasteiger partial charge on any atom is 0.233 e. The van der Waals surface area contributed by atoms with Gasteiger partial charge in [0, 0.05) is 19.5 Å². The summed E-state index contributed by atoms with van der Waals surface area (Å²) >= 11 is 1.52. The number of aromatic nitrogens is 3. The zero-order chi connectivity index (χ0) is 19.6. The molecule has 1 saturated heterocycles. The minimum absolute atomic E-state index is 0.106. The van der Waals surface area contributed by atoms with Crippen molar-refractivity contribution in [2.45, 2.75) is 56.3 Å². The van der Waals surface area contributed by atoms with Gasteiger partial charge in [-0.15, -0.1) is 10.2 Å². The van der Waals surface area contributed by atoms with Crippen molar-refractivity contribution in [2.24, 2.45) is 0 Å². The topological polar surface area (TPSA) is 69.5 Å². The second-order valence-corrected chi connectivity index (χ2v) is 8.74. The first-order valence-electron chi connectivity index (χ1n) is 10.5. The van der Waals surface area contributed by atoms with Crippen LogP contribution in [0.1, 0.15) is 49.5 Å². The summed E-state index contributed by atoms with van der Waals surface area (Å²) in [6.07, 6.45) is 6.56. The molecule has 0 unspecified atom stereocenters. The summed E-state index contributed by atoms with van der Waals surface area (Å²) in [5, 5.41) is 9.56. The number of ether oxygens (including phenoxy) is 2. The van der Waals surface area contributed by atoms with Crippen molar-refractivity contribution in [1.82, 2.24) is 19.7 Å². The van der Waals surface area contributed by atoms with Gasteiger partial charge in [0.05, 0.1) is 11.8 Å². The molecule has 1 atom stereocenters. The van der Waals surface area contributed by atoms with Crippen molar-refractivity contribution < 1.29 is 14.3 Å². The molecule has 29 heavy (non-hydrogen) atoms. The number of hydrogen-bond donors (Lipinski definition) is 0. The number of fused-ring (bicyclic) bond motifs is 2. The van der Waals surface area contributed by atoms with E-state index in [4.69, 9.17) is 9.47 Å². The molecule has 0 N–H and O–H groups in total. The molecule has 3 aliphatic heterocycles. The molecule has 0 bridgehead atoms. The summed E-state index contributed by atoms with van der Waals surface area (Å²) in [6, 6.07) is 6.17. The summed E-state index contributed by atoms with van der Waals surface area (Å²) in [5.74, 6) is 3.21. The smallest absolute Gasteiger partial charge is 0.233 e. The molecule has 2 aromatic rings. The van der Waals surface area contributed by atoms with E-state index in [9.17, 15) is 4.79 Å². The fourth-order valence-corrected chi connectivity index (χ4v) is 5.32. The highest BCUT2D eigenvalue weighted by molar-refractivity contribution is 7.99. The number of nitrogens with zero attached hydrogens (tertiary/aromatic N) is 4. The van der Waals surface area contributed by atoms with Gasteiger partial charge in [-0.25, -0.2) is 0 Å². The van der Waals surface area contributed by atoms with E-state index in [1.165, 1.54) is 24.6 Å². The van der Waals surface area contributed by atoms with Crippen molar-refractivity contribution in [2.75, 3.05) is 25.5 Å². The first-order chi connectivity index (χ1) is 14.3. The molecule has 0 aliphatic carbocycles. The van der Waals surface area contributed by atoms with Gasteiger partial charge in [0.1, 0.15) is 19.0 Å². The van der Waals surface area contributed by atoms with Crippen LogP contribution >= 0.6 is 11.8 Å². The molecule has 1 amide bonds. The molecule has 0 radical (unpaired) electrons. The number of carbonyl (C=O) groups is 1. The van der Waals surface area contributed by atoms with Crippen LogP contribution in [0.25, 0.3) is 0 Å². The normalized spacial score (nSPS) is 21.0. The Kier molecular flexibility index (Phi) is 5.35. The second-order valence-electron chi connectivity index (χ2n) is 7.80. The highest BCUT2D eigenvalue weighted by atomic mass is 32.2. The van der Waals surface area contributed by atoms with Crippen molar-refractivity contribution >= 4 is 17.7 Å². The van der Waals surface area contributed by atoms with Crippen LogP contribution < -0.4 is 9.47 Å². The fourth-order valence-electron chi connectivity index (χ4n) is 4.45. The van der Waals surface area contributed by atoms with Gasteiger partial charge in [0.15, 0.2) is 16.7 Å². The van der Waals surface area contributed by atoms with Crippen molar-refractivity contribution in [1.29, 1.82) is 0 Å². The predicted molar refractivity (Wildman–Crippen MR) is 109 cm³/mol. The van der Waals surface area contributed by atoms with Crippen molar-refractivity contribution in [3.63, 3.8) is 0 Å². The van der Waals surface area contributed by atoms with Crippen LogP contribution in [0, 0.1) is 0 Å². The number of aryl methyl sites for hydroxylation is 1. The zero-order valence-electron chi connectivity index (χ0n) is 16.5.